The lowest BCUT2D eigenvalue weighted by Crippen LogP contribution is -2.47. The van der Waals surface area contributed by atoms with Crippen LogP contribution in [0, 0.1) is 0 Å². The summed E-state index contributed by atoms with van der Waals surface area (Å²) < 4.78 is 0. The average Bonchev–Trinajstić information content (AvgIpc) is 2.47. The van der Waals surface area contributed by atoms with E-state index in [1.165, 1.54) is 0 Å². The fourth-order valence-electron chi connectivity index (χ4n) is 2.52. The second-order valence-electron chi connectivity index (χ2n) is 5.31. The van der Waals surface area contributed by atoms with E-state index in [2.05, 4.69) is 27.5 Å². The van der Waals surface area contributed by atoms with Gasteiger partial charge in [-0.05, 0) is 45.5 Å². The molecule has 2 heterocycles. The van der Waals surface area contributed by atoms with Crippen molar-refractivity contribution in [3.05, 3.63) is 17.8 Å². The Bertz CT molecular complexity index is 447. The molecule has 110 valence electrons. The van der Waals surface area contributed by atoms with Crippen molar-refractivity contribution < 1.29 is 4.79 Å². The summed E-state index contributed by atoms with van der Waals surface area (Å²) in [5, 5.41) is 11.1. The quantitative estimate of drug-likeness (QED) is 0.892. The smallest absolute Gasteiger partial charge is 0.274 e. The van der Waals surface area contributed by atoms with E-state index in [0.717, 1.165) is 32.5 Å². The van der Waals surface area contributed by atoms with Gasteiger partial charge in [-0.25, -0.2) is 0 Å². The molecule has 1 amide bonds. The molecule has 1 N–H and O–H groups in total. The van der Waals surface area contributed by atoms with Crippen LogP contribution in [0.5, 0.6) is 0 Å². The number of nitrogens with one attached hydrogen (secondary N) is 1. The van der Waals surface area contributed by atoms with Crippen molar-refractivity contribution in [1.29, 1.82) is 0 Å². The highest BCUT2D eigenvalue weighted by Crippen LogP contribution is 2.15. The number of likely N-dealkylation sites (N-methyl/N-ethyl adjacent to an activating group) is 2. The van der Waals surface area contributed by atoms with Gasteiger partial charge in [-0.2, -0.15) is 0 Å². The van der Waals surface area contributed by atoms with E-state index in [0.29, 0.717) is 11.5 Å². The number of hydrogen-bond donors (Lipinski definition) is 1. The molecule has 0 saturated carbocycles. The second-order valence-corrected chi connectivity index (χ2v) is 5.31. The summed E-state index contributed by atoms with van der Waals surface area (Å²) >= 11 is 0. The van der Waals surface area contributed by atoms with Gasteiger partial charge in [-0.1, -0.05) is 0 Å². The number of carbonyl (C=O) groups excluding carboxylic acids is 1. The van der Waals surface area contributed by atoms with E-state index in [1.807, 2.05) is 14.0 Å². The molecule has 1 saturated heterocycles. The minimum absolute atomic E-state index is 0.0548. The lowest BCUT2D eigenvalue weighted by molar-refractivity contribution is 0.0637. The second kappa shape index (κ2) is 6.65. The highest BCUT2D eigenvalue weighted by molar-refractivity contribution is 5.92. The van der Waals surface area contributed by atoms with Crippen molar-refractivity contribution in [3.63, 3.8) is 0 Å². The first-order valence-electron chi connectivity index (χ1n) is 7.15. The number of hydrogen-bond acceptors (Lipinski definition) is 5. The van der Waals surface area contributed by atoms with Crippen LogP contribution in [0.25, 0.3) is 0 Å². The minimum Gasteiger partial charge on any atom is -0.369 e. The van der Waals surface area contributed by atoms with Crippen molar-refractivity contribution in [3.8, 4) is 0 Å². The third-order valence-electron chi connectivity index (χ3n) is 3.71. The Morgan fingerprint density at radius 2 is 2.30 bits per heavy atom. The SMILES string of the molecule is CCNc1ccc(C(=O)N(C)C2CCCN(C)C2)nn1. The molecular formula is C14H23N5O. The first-order valence-corrected chi connectivity index (χ1v) is 7.15. The van der Waals surface area contributed by atoms with Gasteiger partial charge >= 0.3 is 0 Å². The normalized spacial score (nSPS) is 19.6. The highest BCUT2D eigenvalue weighted by Gasteiger charge is 2.25. The zero-order chi connectivity index (χ0) is 14.5. The number of aromatic nitrogens is 2. The lowest BCUT2D eigenvalue weighted by Gasteiger charge is -2.35. The molecule has 1 aliphatic heterocycles. The summed E-state index contributed by atoms with van der Waals surface area (Å²) in [4.78, 5) is 16.5. The molecular weight excluding hydrogens is 254 g/mol. The molecule has 0 aromatic carbocycles. The maximum atomic E-state index is 12.4. The Labute approximate surface area is 120 Å². The third kappa shape index (κ3) is 3.45. The van der Waals surface area contributed by atoms with Gasteiger partial charge in [0.2, 0.25) is 0 Å². The van der Waals surface area contributed by atoms with Gasteiger partial charge in [0.15, 0.2) is 5.69 Å². The first kappa shape index (κ1) is 14.7. The van der Waals surface area contributed by atoms with E-state index >= 15 is 0 Å². The summed E-state index contributed by atoms with van der Waals surface area (Å²) in [5.74, 6) is 0.643. The molecule has 1 fully saturated rings. The van der Waals surface area contributed by atoms with Crippen LogP contribution in [-0.2, 0) is 0 Å². The van der Waals surface area contributed by atoms with Gasteiger partial charge in [0.1, 0.15) is 5.82 Å². The first-order chi connectivity index (χ1) is 9.61. The molecule has 1 unspecified atom stereocenters. The maximum Gasteiger partial charge on any atom is 0.274 e. The van der Waals surface area contributed by atoms with Gasteiger partial charge in [0.25, 0.3) is 5.91 Å². The molecule has 0 aliphatic carbocycles. The number of rotatable bonds is 4. The summed E-state index contributed by atoms with van der Waals surface area (Å²) in [5.41, 5.74) is 0.405. The number of anilines is 1. The zero-order valence-corrected chi connectivity index (χ0v) is 12.5. The molecule has 6 heteroatoms. The fraction of sp³-hybridized carbons (Fsp3) is 0.643. The summed E-state index contributed by atoms with van der Waals surface area (Å²) in [6.07, 6.45) is 2.18. The minimum atomic E-state index is -0.0548. The van der Waals surface area contributed by atoms with Crippen LogP contribution in [0.4, 0.5) is 5.82 Å². The van der Waals surface area contributed by atoms with Crippen molar-refractivity contribution in [2.24, 2.45) is 0 Å². The standard InChI is InChI=1S/C14H23N5O/c1-4-15-13-8-7-12(16-17-13)14(20)19(3)11-6-5-9-18(2)10-11/h7-8,11H,4-6,9-10H2,1-3H3,(H,15,17). The summed E-state index contributed by atoms with van der Waals surface area (Å²) in [6.45, 7) is 4.81. The molecule has 1 atom stereocenters. The Morgan fingerprint density at radius 1 is 1.50 bits per heavy atom. The number of amides is 1. The molecule has 0 bridgehead atoms. The Kier molecular flexibility index (Phi) is 4.89. The topological polar surface area (TPSA) is 61.4 Å². The predicted molar refractivity (Wildman–Crippen MR) is 78.8 cm³/mol. The number of likely N-dealkylation sites (tertiary alicyclic amines) is 1. The lowest BCUT2D eigenvalue weighted by atomic mass is 10.0. The Hall–Kier alpha value is -1.69. The van der Waals surface area contributed by atoms with Crippen LogP contribution in [0.1, 0.15) is 30.3 Å². The number of carbonyl (C=O) groups is 1. The van der Waals surface area contributed by atoms with E-state index in [4.69, 9.17) is 0 Å². The van der Waals surface area contributed by atoms with E-state index < -0.39 is 0 Å². The zero-order valence-electron chi connectivity index (χ0n) is 12.5. The number of piperidine rings is 1. The van der Waals surface area contributed by atoms with Crippen molar-refractivity contribution in [2.75, 3.05) is 39.0 Å². The molecule has 6 nitrogen and oxygen atoms in total. The molecule has 1 aliphatic rings. The Morgan fingerprint density at radius 3 is 2.90 bits per heavy atom. The number of nitrogens with zero attached hydrogens (tertiary/aromatic N) is 4. The Balaban J connectivity index is 2.02. The maximum absolute atomic E-state index is 12.4. The highest BCUT2D eigenvalue weighted by atomic mass is 16.2. The molecule has 0 radical (unpaired) electrons. The van der Waals surface area contributed by atoms with Crippen molar-refractivity contribution in [2.45, 2.75) is 25.8 Å². The molecule has 1 aromatic heterocycles. The van der Waals surface area contributed by atoms with Crippen LogP contribution in [0.15, 0.2) is 12.1 Å². The van der Waals surface area contributed by atoms with Gasteiger partial charge in [-0.15, -0.1) is 10.2 Å². The van der Waals surface area contributed by atoms with Crippen molar-refractivity contribution in [1.82, 2.24) is 20.0 Å². The average molecular weight is 277 g/mol. The monoisotopic (exact) mass is 277 g/mol. The van der Waals surface area contributed by atoms with E-state index in [1.54, 1.807) is 17.0 Å². The molecule has 1 aromatic rings. The van der Waals surface area contributed by atoms with Crippen LogP contribution in [0.3, 0.4) is 0 Å². The van der Waals surface area contributed by atoms with E-state index in [-0.39, 0.29) is 11.9 Å². The van der Waals surface area contributed by atoms with Gasteiger partial charge in [0, 0.05) is 26.2 Å². The van der Waals surface area contributed by atoms with Crippen LogP contribution in [0.2, 0.25) is 0 Å². The molecule has 20 heavy (non-hydrogen) atoms. The predicted octanol–water partition coefficient (Wildman–Crippen LogP) is 1.07. The summed E-state index contributed by atoms with van der Waals surface area (Å²) in [6, 6.07) is 3.79. The van der Waals surface area contributed by atoms with Gasteiger partial charge in [0.05, 0.1) is 0 Å². The van der Waals surface area contributed by atoms with Crippen LogP contribution >= 0.6 is 0 Å². The summed E-state index contributed by atoms with van der Waals surface area (Å²) in [7, 11) is 3.95. The van der Waals surface area contributed by atoms with E-state index in [9.17, 15) is 4.79 Å². The third-order valence-corrected chi connectivity index (χ3v) is 3.71. The largest absolute Gasteiger partial charge is 0.369 e. The molecule has 2 rings (SSSR count). The van der Waals surface area contributed by atoms with Crippen LogP contribution in [-0.4, -0.2) is 65.7 Å². The van der Waals surface area contributed by atoms with Crippen LogP contribution < -0.4 is 5.32 Å². The fourth-order valence-corrected chi connectivity index (χ4v) is 2.52. The van der Waals surface area contributed by atoms with Crippen molar-refractivity contribution >= 4 is 11.7 Å². The van der Waals surface area contributed by atoms with Gasteiger partial charge in [-0.3, -0.25) is 4.79 Å². The van der Waals surface area contributed by atoms with Gasteiger partial charge < -0.3 is 15.1 Å². The molecule has 0 spiro atoms.